The first-order valence-corrected chi connectivity index (χ1v) is 10.0. The maximum Gasteiger partial charge on any atom is 0.141 e. The minimum atomic E-state index is 0.605. The molecular weight excluding hydrogens is 417 g/mol. The summed E-state index contributed by atoms with van der Waals surface area (Å²) in [4.78, 5) is 16.5. The Kier molecular flexibility index (Phi) is 4.83. The number of imidazole rings is 1. The highest BCUT2D eigenvalue weighted by molar-refractivity contribution is 6.33. The number of H-pyrrole nitrogens is 1. The number of anilines is 2. The van der Waals surface area contributed by atoms with E-state index in [1.165, 1.54) is 6.33 Å². The molecule has 0 fully saturated rings. The number of benzene rings is 3. The van der Waals surface area contributed by atoms with E-state index in [9.17, 15) is 0 Å². The second-order valence-corrected chi connectivity index (χ2v) is 7.56. The van der Waals surface area contributed by atoms with Gasteiger partial charge in [-0.3, -0.25) is 0 Å². The third kappa shape index (κ3) is 3.61. The number of aromatic amines is 1. The molecule has 5 nitrogen and oxygen atoms in total. The van der Waals surface area contributed by atoms with Crippen molar-refractivity contribution in [3.63, 3.8) is 0 Å². The highest BCUT2D eigenvalue weighted by atomic mass is 35.5. The van der Waals surface area contributed by atoms with Gasteiger partial charge in [-0.25, -0.2) is 15.0 Å². The van der Waals surface area contributed by atoms with Gasteiger partial charge in [-0.05, 0) is 42.0 Å². The lowest BCUT2D eigenvalue weighted by atomic mass is 10.1. The molecule has 0 aliphatic carbocycles. The fourth-order valence-electron chi connectivity index (χ4n) is 3.27. The minimum absolute atomic E-state index is 0.605. The number of rotatable bonds is 4. The molecule has 0 amide bonds. The standard InChI is InChI=1S/C23H15Cl2N5/c24-15-6-8-17-20(10-15)27-13-28-22(17)29-16-7-9-19(25)18(11-16)23-26-12-21(30-23)14-4-2-1-3-5-14/h1-13H,(H,26,30)(H,27,28,29). The van der Waals surface area contributed by atoms with Crippen molar-refractivity contribution in [1.82, 2.24) is 19.9 Å². The molecule has 30 heavy (non-hydrogen) atoms. The second kappa shape index (κ2) is 7.78. The Morgan fingerprint density at radius 1 is 0.833 bits per heavy atom. The molecular formula is C23H15Cl2N5. The largest absolute Gasteiger partial charge is 0.340 e. The maximum absolute atomic E-state index is 6.47. The van der Waals surface area contributed by atoms with Crippen molar-refractivity contribution in [3.05, 3.63) is 89.3 Å². The smallest absolute Gasteiger partial charge is 0.141 e. The summed E-state index contributed by atoms with van der Waals surface area (Å²) >= 11 is 12.6. The van der Waals surface area contributed by atoms with Crippen molar-refractivity contribution in [3.8, 4) is 22.6 Å². The molecule has 5 rings (SSSR count). The zero-order valence-electron chi connectivity index (χ0n) is 15.6. The molecule has 2 aromatic heterocycles. The molecule has 7 heteroatoms. The van der Waals surface area contributed by atoms with Crippen LogP contribution in [-0.4, -0.2) is 19.9 Å². The van der Waals surface area contributed by atoms with Gasteiger partial charge < -0.3 is 10.3 Å². The van der Waals surface area contributed by atoms with Crippen LogP contribution >= 0.6 is 23.2 Å². The summed E-state index contributed by atoms with van der Waals surface area (Å²) in [6, 6.07) is 21.2. The lowest BCUT2D eigenvalue weighted by molar-refractivity contribution is 1.22. The lowest BCUT2D eigenvalue weighted by Gasteiger charge is -2.10. The van der Waals surface area contributed by atoms with Crippen LogP contribution in [0.4, 0.5) is 11.5 Å². The van der Waals surface area contributed by atoms with Crippen LogP contribution in [-0.2, 0) is 0 Å². The quantitative estimate of drug-likeness (QED) is 0.330. The molecule has 0 saturated carbocycles. The summed E-state index contributed by atoms with van der Waals surface area (Å²) in [6.45, 7) is 0. The van der Waals surface area contributed by atoms with Gasteiger partial charge in [0.15, 0.2) is 0 Å². The van der Waals surface area contributed by atoms with Gasteiger partial charge in [0.25, 0.3) is 0 Å². The van der Waals surface area contributed by atoms with Gasteiger partial charge in [-0.15, -0.1) is 0 Å². The fraction of sp³-hybridized carbons (Fsp3) is 0. The van der Waals surface area contributed by atoms with Crippen molar-refractivity contribution in [1.29, 1.82) is 0 Å². The van der Waals surface area contributed by atoms with Crippen LogP contribution in [0.25, 0.3) is 33.5 Å². The normalized spacial score (nSPS) is 11.0. The Balaban J connectivity index is 1.50. The number of nitrogens with zero attached hydrogens (tertiary/aromatic N) is 3. The van der Waals surface area contributed by atoms with Crippen molar-refractivity contribution in [2.24, 2.45) is 0 Å². The van der Waals surface area contributed by atoms with E-state index in [2.05, 4.69) is 25.3 Å². The molecule has 5 aromatic rings. The van der Waals surface area contributed by atoms with Gasteiger partial charge in [-0.2, -0.15) is 0 Å². The first-order valence-electron chi connectivity index (χ1n) is 9.25. The zero-order chi connectivity index (χ0) is 20.5. The van der Waals surface area contributed by atoms with E-state index in [0.717, 1.165) is 33.4 Å². The van der Waals surface area contributed by atoms with Crippen LogP contribution in [0.5, 0.6) is 0 Å². The first kappa shape index (κ1) is 18.6. The van der Waals surface area contributed by atoms with Gasteiger partial charge in [0.2, 0.25) is 0 Å². The van der Waals surface area contributed by atoms with Gasteiger partial charge in [0.1, 0.15) is 18.0 Å². The van der Waals surface area contributed by atoms with Crippen LogP contribution in [0.1, 0.15) is 0 Å². The number of halogens is 2. The number of nitrogens with one attached hydrogen (secondary N) is 2. The number of aromatic nitrogens is 4. The van der Waals surface area contributed by atoms with E-state index in [1.54, 1.807) is 0 Å². The number of hydrogen-bond acceptors (Lipinski definition) is 4. The average molecular weight is 432 g/mol. The molecule has 2 N–H and O–H groups in total. The predicted octanol–water partition coefficient (Wildman–Crippen LogP) is 6.74. The Bertz CT molecular complexity index is 1350. The number of fused-ring (bicyclic) bond motifs is 1. The molecule has 0 atom stereocenters. The lowest BCUT2D eigenvalue weighted by Crippen LogP contribution is -1.96. The molecule has 0 saturated heterocycles. The number of hydrogen-bond donors (Lipinski definition) is 2. The Morgan fingerprint density at radius 3 is 2.57 bits per heavy atom. The molecule has 0 aliphatic rings. The van der Waals surface area contributed by atoms with Crippen LogP contribution in [0.2, 0.25) is 10.0 Å². The van der Waals surface area contributed by atoms with Crippen molar-refractivity contribution in [2.45, 2.75) is 0 Å². The Morgan fingerprint density at radius 2 is 1.70 bits per heavy atom. The topological polar surface area (TPSA) is 66.5 Å². The fourth-order valence-corrected chi connectivity index (χ4v) is 3.65. The summed E-state index contributed by atoms with van der Waals surface area (Å²) in [6.07, 6.45) is 3.32. The summed E-state index contributed by atoms with van der Waals surface area (Å²) in [5.41, 5.74) is 4.39. The Labute approximate surface area is 182 Å². The minimum Gasteiger partial charge on any atom is -0.340 e. The van der Waals surface area contributed by atoms with Crippen LogP contribution in [0.3, 0.4) is 0 Å². The molecule has 2 heterocycles. The molecule has 3 aromatic carbocycles. The van der Waals surface area contributed by atoms with E-state index >= 15 is 0 Å². The summed E-state index contributed by atoms with van der Waals surface area (Å²) in [5.74, 6) is 1.39. The monoisotopic (exact) mass is 431 g/mol. The zero-order valence-corrected chi connectivity index (χ0v) is 17.1. The molecule has 146 valence electrons. The van der Waals surface area contributed by atoms with E-state index in [-0.39, 0.29) is 0 Å². The average Bonchev–Trinajstić information content (AvgIpc) is 3.26. The van der Waals surface area contributed by atoms with Crippen molar-refractivity contribution in [2.75, 3.05) is 5.32 Å². The maximum atomic E-state index is 6.47. The molecule has 0 bridgehead atoms. The molecule has 0 radical (unpaired) electrons. The van der Waals surface area contributed by atoms with Crippen LogP contribution in [0, 0.1) is 0 Å². The summed E-state index contributed by atoms with van der Waals surface area (Å²) in [7, 11) is 0. The summed E-state index contributed by atoms with van der Waals surface area (Å²) in [5, 5.41) is 5.46. The van der Waals surface area contributed by atoms with Crippen molar-refractivity contribution >= 4 is 45.6 Å². The molecule has 0 unspecified atom stereocenters. The third-order valence-corrected chi connectivity index (χ3v) is 5.31. The third-order valence-electron chi connectivity index (χ3n) is 4.74. The van der Waals surface area contributed by atoms with Gasteiger partial charge in [0.05, 0.1) is 22.4 Å². The van der Waals surface area contributed by atoms with Gasteiger partial charge >= 0.3 is 0 Å². The van der Waals surface area contributed by atoms with E-state index in [4.69, 9.17) is 23.2 Å². The van der Waals surface area contributed by atoms with Crippen molar-refractivity contribution < 1.29 is 0 Å². The highest BCUT2D eigenvalue weighted by Crippen LogP contribution is 2.32. The first-order chi connectivity index (χ1) is 14.7. The molecule has 0 aliphatic heterocycles. The SMILES string of the molecule is Clc1ccc2c(Nc3ccc(Cl)c(-c4ncc(-c5ccccc5)[nH]4)c3)ncnc2c1. The predicted molar refractivity (Wildman–Crippen MR) is 122 cm³/mol. The van der Waals surface area contributed by atoms with E-state index in [0.29, 0.717) is 21.7 Å². The highest BCUT2D eigenvalue weighted by Gasteiger charge is 2.11. The van der Waals surface area contributed by atoms with E-state index in [1.807, 2.05) is 72.9 Å². The molecule has 0 spiro atoms. The summed E-state index contributed by atoms with van der Waals surface area (Å²) < 4.78 is 0. The van der Waals surface area contributed by atoms with E-state index < -0.39 is 0 Å². The van der Waals surface area contributed by atoms with Crippen LogP contribution < -0.4 is 5.32 Å². The Hall–Kier alpha value is -3.41. The van der Waals surface area contributed by atoms with Gasteiger partial charge in [-0.1, -0.05) is 53.5 Å². The van der Waals surface area contributed by atoms with Gasteiger partial charge in [0, 0.05) is 21.7 Å². The second-order valence-electron chi connectivity index (χ2n) is 6.71. The van der Waals surface area contributed by atoms with Crippen LogP contribution in [0.15, 0.2) is 79.3 Å².